The van der Waals surface area contributed by atoms with E-state index in [-0.39, 0.29) is 11.7 Å². The van der Waals surface area contributed by atoms with Gasteiger partial charge in [-0.05, 0) is 30.7 Å². The summed E-state index contributed by atoms with van der Waals surface area (Å²) in [6, 6.07) is 14.1. The molecule has 4 rings (SSSR count). The van der Waals surface area contributed by atoms with Gasteiger partial charge in [0, 0.05) is 43.8 Å². The predicted octanol–water partition coefficient (Wildman–Crippen LogP) is 3.24. The molecule has 0 aliphatic carbocycles. The highest BCUT2D eigenvalue weighted by Crippen LogP contribution is 2.17. The highest BCUT2D eigenvalue weighted by atomic mass is 19.1. The van der Waals surface area contributed by atoms with Crippen LogP contribution >= 0.6 is 0 Å². The Morgan fingerprint density at radius 1 is 1.14 bits per heavy atom. The molecule has 0 bridgehead atoms. The lowest BCUT2D eigenvalue weighted by molar-refractivity contribution is 0.0949. The van der Waals surface area contributed by atoms with Crippen molar-refractivity contribution in [2.24, 2.45) is 7.05 Å². The number of aryl methyl sites for hydroxylation is 2. The first-order valence-corrected chi connectivity index (χ1v) is 9.48. The van der Waals surface area contributed by atoms with Gasteiger partial charge in [0.15, 0.2) is 5.69 Å². The summed E-state index contributed by atoms with van der Waals surface area (Å²) in [5.74, 6) is 0.425. The van der Waals surface area contributed by atoms with E-state index >= 15 is 0 Å². The summed E-state index contributed by atoms with van der Waals surface area (Å²) in [7, 11) is 1.83. The molecule has 6 nitrogen and oxygen atoms in total. The van der Waals surface area contributed by atoms with E-state index < -0.39 is 0 Å². The highest BCUT2D eigenvalue weighted by Gasteiger charge is 2.16. The Morgan fingerprint density at radius 3 is 2.69 bits per heavy atom. The number of para-hydroxylation sites is 1. The standard InChI is InChI=1S/C22H22FN5O/c1-15-13-25-20(28(15)14-16-7-9-17(23)10-8-16)11-12-24-22(29)21-18-5-3-4-6-19(18)27(2)26-21/h3-10,13H,11-12,14H2,1-2H3,(H,24,29). The number of fused-ring (bicyclic) bond motifs is 1. The van der Waals surface area contributed by atoms with Crippen molar-refractivity contribution in [3.05, 3.63) is 83.3 Å². The van der Waals surface area contributed by atoms with Crippen LogP contribution in [-0.4, -0.2) is 31.8 Å². The van der Waals surface area contributed by atoms with Gasteiger partial charge in [-0.25, -0.2) is 9.37 Å². The van der Waals surface area contributed by atoms with Crippen molar-refractivity contribution in [1.29, 1.82) is 0 Å². The summed E-state index contributed by atoms with van der Waals surface area (Å²) in [6.07, 6.45) is 2.40. The fourth-order valence-electron chi connectivity index (χ4n) is 3.45. The van der Waals surface area contributed by atoms with Gasteiger partial charge >= 0.3 is 0 Å². The van der Waals surface area contributed by atoms with Crippen molar-refractivity contribution in [3.63, 3.8) is 0 Å². The number of nitrogens with zero attached hydrogens (tertiary/aromatic N) is 4. The number of benzene rings is 2. The maximum absolute atomic E-state index is 13.1. The molecule has 7 heteroatoms. The topological polar surface area (TPSA) is 64.7 Å². The fourth-order valence-corrected chi connectivity index (χ4v) is 3.45. The van der Waals surface area contributed by atoms with Crippen molar-refractivity contribution >= 4 is 16.8 Å². The van der Waals surface area contributed by atoms with Crippen LogP contribution in [0.1, 0.15) is 27.6 Å². The molecule has 0 aliphatic rings. The summed E-state index contributed by atoms with van der Waals surface area (Å²) in [4.78, 5) is 17.1. The van der Waals surface area contributed by atoms with Gasteiger partial charge in [-0.3, -0.25) is 9.48 Å². The maximum atomic E-state index is 13.1. The van der Waals surface area contributed by atoms with Gasteiger partial charge in [0.1, 0.15) is 11.6 Å². The van der Waals surface area contributed by atoms with Crippen LogP contribution in [0.5, 0.6) is 0 Å². The number of imidazole rings is 1. The van der Waals surface area contributed by atoms with Crippen LogP contribution in [0.4, 0.5) is 4.39 Å². The molecule has 0 fully saturated rings. The van der Waals surface area contributed by atoms with E-state index in [0.29, 0.717) is 25.2 Å². The van der Waals surface area contributed by atoms with Crippen molar-refractivity contribution < 1.29 is 9.18 Å². The number of halogens is 1. The van der Waals surface area contributed by atoms with Crippen molar-refractivity contribution in [2.45, 2.75) is 19.9 Å². The van der Waals surface area contributed by atoms with Gasteiger partial charge in [0.25, 0.3) is 5.91 Å². The number of rotatable bonds is 6. The molecule has 4 aromatic rings. The molecule has 0 unspecified atom stereocenters. The van der Waals surface area contributed by atoms with Crippen molar-refractivity contribution in [1.82, 2.24) is 24.6 Å². The first-order chi connectivity index (χ1) is 14.0. The number of nitrogens with one attached hydrogen (secondary N) is 1. The molecule has 0 radical (unpaired) electrons. The van der Waals surface area contributed by atoms with E-state index in [1.54, 1.807) is 16.8 Å². The molecule has 1 amide bonds. The van der Waals surface area contributed by atoms with Crippen LogP contribution in [0.15, 0.2) is 54.7 Å². The van der Waals surface area contributed by atoms with E-state index in [0.717, 1.165) is 28.0 Å². The summed E-state index contributed by atoms with van der Waals surface area (Å²) >= 11 is 0. The van der Waals surface area contributed by atoms with E-state index in [9.17, 15) is 9.18 Å². The lowest BCUT2D eigenvalue weighted by Gasteiger charge is -2.11. The molecule has 0 atom stereocenters. The van der Waals surface area contributed by atoms with Gasteiger partial charge < -0.3 is 9.88 Å². The Morgan fingerprint density at radius 2 is 1.90 bits per heavy atom. The van der Waals surface area contributed by atoms with E-state index in [1.165, 1.54) is 12.1 Å². The monoisotopic (exact) mass is 391 g/mol. The molecule has 148 valence electrons. The van der Waals surface area contributed by atoms with Crippen LogP contribution in [0.25, 0.3) is 10.9 Å². The SMILES string of the molecule is Cc1cnc(CCNC(=O)c2nn(C)c3ccccc23)n1Cc1ccc(F)cc1. The second kappa shape index (κ2) is 7.87. The average molecular weight is 391 g/mol. The smallest absolute Gasteiger partial charge is 0.272 e. The molecule has 0 aliphatic heterocycles. The van der Waals surface area contributed by atoms with E-state index in [4.69, 9.17) is 0 Å². The third-order valence-electron chi connectivity index (χ3n) is 5.00. The Labute approximate surface area is 168 Å². The fraction of sp³-hybridized carbons (Fsp3) is 0.227. The van der Waals surface area contributed by atoms with Crippen LogP contribution in [0.3, 0.4) is 0 Å². The van der Waals surface area contributed by atoms with Gasteiger partial charge in [-0.2, -0.15) is 5.10 Å². The molecule has 0 spiro atoms. The first-order valence-electron chi connectivity index (χ1n) is 9.48. The molecule has 2 aromatic carbocycles. The molecular formula is C22H22FN5O. The number of hydrogen-bond donors (Lipinski definition) is 1. The maximum Gasteiger partial charge on any atom is 0.272 e. The van der Waals surface area contributed by atoms with Crippen LogP contribution < -0.4 is 5.32 Å². The molecule has 2 heterocycles. The lowest BCUT2D eigenvalue weighted by atomic mass is 10.2. The summed E-state index contributed by atoms with van der Waals surface area (Å²) < 4.78 is 16.9. The van der Waals surface area contributed by atoms with E-state index in [1.807, 2.05) is 44.4 Å². The Balaban J connectivity index is 1.43. The largest absolute Gasteiger partial charge is 0.350 e. The zero-order valence-corrected chi connectivity index (χ0v) is 16.4. The second-order valence-corrected chi connectivity index (χ2v) is 7.02. The minimum atomic E-state index is -0.249. The molecular weight excluding hydrogens is 369 g/mol. The van der Waals surface area contributed by atoms with Gasteiger partial charge in [-0.1, -0.05) is 30.3 Å². The van der Waals surface area contributed by atoms with Gasteiger partial charge in [0.05, 0.1) is 5.52 Å². The molecule has 2 aromatic heterocycles. The number of carbonyl (C=O) groups excluding carboxylic acids is 1. The third kappa shape index (κ3) is 3.89. The summed E-state index contributed by atoms with van der Waals surface area (Å²) in [6.45, 7) is 3.04. The number of amides is 1. The molecule has 29 heavy (non-hydrogen) atoms. The minimum Gasteiger partial charge on any atom is -0.350 e. The van der Waals surface area contributed by atoms with Crippen molar-refractivity contribution in [3.8, 4) is 0 Å². The second-order valence-electron chi connectivity index (χ2n) is 7.02. The molecule has 1 N–H and O–H groups in total. The molecule has 0 saturated heterocycles. The summed E-state index contributed by atoms with van der Waals surface area (Å²) in [5, 5.41) is 8.13. The van der Waals surface area contributed by atoms with Crippen LogP contribution in [0.2, 0.25) is 0 Å². The Kier molecular flexibility index (Phi) is 5.12. The zero-order valence-electron chi connectivity index (χ0n) is 16.4. The Hall–Kier alpha value is -3.48. The number of carbonyl (C=O) groups is 1. The van der Waals surface area contributed by atoms with Crippen LogP contribution in [0, 0.1) is 12.7 Å². The average Bonchev–Trinajstić information content (AvgIpc) is 3.24. The predicted molar refractivity (Wildman–Crippen MR) is 109 cm³/mol. The quantitative estimate of drug-likeness (QED) is 0.549. The lowest BCUT2D eigenvalue weighted by Crippen LogP contribution is -2.27. The van der Waals surface area contributed by atoms with Gasteiger partial charge in [-0.15, -0.1) is 0 Å². The first kappa shape index (κ1) is 18.9. The minimum absolute atomic E-state index is 0.199. The van der Waals surface area contributed by atoms with Crippen LogP contribution in [-0.2, 0) is 20.0 Å². The normalized spacial score (nSPS) is 11.1. The van der Waals surface area contributed by atoms with E-state index in [2.05, 4.69) is 20.0 Å². The zero-order chi connectivity index (χ0) is 20.4. The number of aromatic nitrogens is 4. The molecule has 0 saturated carbocycles. The van der Waals surface area contributed by atoms with Gasteiger partial charge in [0.2, 0.25) is 0 Å². The summed E-state index contributed by atoms with van der Waals surface area (Å²) in [5.41, 5.74) is 3.36. The third-order valence-corrected chi connectivity index (χ3v) is 5.00. The highest BCUT2D eigenvalue weighted by molar-refractivity contribution is 6.04. The number of hydrogen-bond acceptors (Lipinski definition) is 3. The van der Waals surface area contributed by atoms with Crippen molar-refractivity contribution in [2.75, 3.05) is 6.54 Å². The Bertz CT molecular complexity index is 1160.